The third kappa shape index (κ3) is 4.38. The zero-order chi connectivity index (χ0) is 22.1. The summed E-state index contributed by atoms with van der Waals surface area (Å²) in [5, 5.41) is 10.7. The van der Waals surface area contributed by atoms with E-state index in [-0.39, 0.29) is 17.8 Å². The van der Waals surface area contributed by atoms with E-state index in [4.69, 9.17) is 5.10 Å². The van der Waals surface area contributed by atoms with Gasteiger partial charge in [-0.3, -0.25) is 9.69 Å². The fourth-order valence-corrected chi connectivity index (χ4v) is 5.36. The Labute approximate surface area is 193 Å². The van der Waals surface area contributed by atoms with Gasteiger partial charge in [0.2, 0.25) is 16.0 Å². The van der Waals surface area contributed by atoms with Crippen molar-refractivity contribution >= 4 is 38.7 Å². The highest BCUT2D eigenvalue weighted by Gasteiger charge is 2.27. The second-order valence-corrected chi connectivity index (χ2v) is 9.71. The summed E-state index contributed by atoms with van der Waals surface area (Å²) in [4.78, 5) is 23.6. The number of hydrogen-bond donors (Lipinski definition) is 1. The Morgan fingerprint density at radius 3 is 2.66 bits per heavy atom. The summed E-state index contributed by atoms with van der Waals surface area (Å²) in [5.41, 5.74) is 1.65. The lowest BCUT2D eigenvalue weighted by Gasteiger charge is -2.37. The van der Waals surface area contributed by atoms with Crippen LogP contribution < -0.4 is 10.2 Å². The predicted octanol–water partition coefficient (Wildman–Crippen LogP) is 3.49. The van der Waals surface area contributed by atoms with Crippen LogP contribution in [0.4, 0.5) is 9.52 Å². The molecule has 10 heteroatoms. The van der Waals surface area contributed by atoms with Crippen molar-refractivity contribution in [2.75, 3.05) is 31.1 Å². The van der Waals surface area contributed by atoms with Gasteiger partial charge in [-0.25, -0.2) is 13.9 Å². The highest BCUT2D eigenvalue weighted by Crippen LogP contribution is 2.27. The van der Waals surface area contributed by atoms with E-state index in [1.807, 2.05) is 30.6 Å². The van der Waals surface area contributed by atoms with Crippen molar-refractivity contribution in [1.82, 2.24) is 24.8 Å². The largest absolute Gasteiger partial charge is 0.350 e. The molecule has 1 saturated heterocycles. The van der Waals surface area contributed by atoms with Crippen LogP contribution in [-0.2, 0) is 11.3 Å². The SMILES string of the molecule is CC(C(=O)NCc1cccs1)N1CCN(c2nn3cc(-c4ccc(F)cc4)nc3s2)CC1. The third-order valence-electron chi connectivity index (χ3n) is 5.70. The average molecular weight is 471 g/mol. The third-order valence-corrected chi connectivity index (χ3v) is 7.56. The standard InChI is InChI=1S/C22H23FN6OS2/c1-15(20(30)24-13-18-3-2-12-31-18)27-8-10-28(11-9-27)22-26-29-14-19(25-21(29)32-22)16-4-6-17(23)7-5-16/h2-7,12,14-15H,8-11,13H2,1H3,(H,24,30). The quantitative estimate of drug-likeness (QED) is 0.467. The van der Waals surface area contributed by atoms with E-state index in [2.05, 4.69) is 20.1 Å². The molecule has 1 aromatic carbocycles. The Balaban J connectivity index is 1.18. The molecule has 1 atom stereocenters. The first kappa shape index (κ1) is 21.0. The number of carbonyl (C=O) groups excluding carboxylic acids is 1. The number of amides is 1. The van der Waals surface area contributed by atoms with Crippen molar-refractivity contribution < 1.29 is 9.18 Å². The number of nitrogens with one attached hydrogen (secondary N) is 1. The number of thiophene rings is 1. The normalized spacial score (nSPS) is 15.9. The predicted molar refractivity (Wildman–Crippen MR) is 126 cm³/mol. The minimum Gasteiger partial charge on any atom is -0.350 e. The number of halogens is 1. The molecular formula is C22H23FN6OS2. The Morgan fingerprint density at radius 1 is 1.19 bits per heavy atom. The van der Waals surface area contributed by atoms with Crippen molar-refractivity contribution in [3.63, 3.8) is 0 Å². The monoisotopic (exact) mass is 470 g/mol. The molecule has 1 aliphatic rings. The molecule has 7 nitrogen and oxygen atoms in total. The summed E-state index contributed by atoms with van der Waals surface area (Å²) >= 11 is 3.19. The van der Waals surface area contributed by atoms with E-state index in [9.17, 15) is 9.18 Å². The summed E-state index contributed by atoms with van der Waals surface area (Å²) < 4.78 is 14.9. The average Bonchev–Trinajstić information content (AvgIpc) is 3.54. The van der Waals surface area contributed by atoms with Gasteiger partial charge in [-0.2, -0.15) is 0 Å². The molecule has 1 unspecified atom stereocenters. The molecule has 1 N–H and O–H groups in total. The van der Waals surface area contributed by atoms with Gasteiger partial charge in [0.1, 0.15) is 5.82 Å². The van der Waals surface area contributed by atoms with Gasteiger partial charge in [0.05, 0.1) is 24.5 Å². The van der Waals surface area contributed by atoms with Gasteiger partial charge in [0.25, 0.3) is 0 Å². The first-order valence-corrected chi connectivity index (χ1v) is 12.2. The lowest BCUT2D eigenvalue weighted by molar-refractivity contribution is -0.126. The van der Waals surface area contributed by atoms with E-state index < -0.39 is 0 Å². The molecule has 0 spiro atoms. The number of aromatic nitrogens is 3. The maximum atomic E-state index is 13.2. The van der Waals surface area contributed by atoms with Crippen LogP contribution in [0.3, 0.4) is 0 Å². The van der Waals surface area contributed by atoms with Crippen molar-refractivity contribution in [3.8, 4) is 11.3 Å². The van der Waals surface area contributed by atoms with Crippen LogP contribution in [0.2, 0.25) is 0 Å². The summed E-state index contributed by atoms with van der Waals surface area (Å²) in [6.07, 6.45) is 1.87. The number of fused-ring (bicyclic) bond motifs is 1. The van der Waals surface area contributed by atoms with E-state index in [0.717, 1.165) is 52.4 Å². The number of hydrogen-bond acceptors (Lipinski definition) is 7. The number of imidazole rings is 1. The molecule has 1 amide bonds. The van der Waals surface area contributed by atoms with Crippen molar-refractivity contribution in [2.45, 2.75) is 19.5 Å². The zero-order valence-electron chi connectivity index (χ0n) is 17.6. The van der Waals surface area contributed by atoms with Gasteiger partial charge in [-0.05, 0) is 42.6 Å². The minimum absolute atomic E-state index is 0.0629. The van der Waals surface area contributed by atoms with E-state index >= 15 is 0 Å². The lowest BCUT2D eigenvalue weighted by Crippen LogP contribution is -2.53. The first-order valence-electron chi connectivity index (χ1n) is 10.5. The van der Waals surface area contributed by atoms with Gasteiger partial charge in [0, 0.05) is 36.6 Å². The molecule has 1 aliphatic heterocycles. The maximum Gasteiger partial charge on any atom is 0.237 e. The maximum absolute atomic E-state index is 13.2. The molecule has 1 fully saturated rings. The highest BCUT2D eigenvalue weighted by molar-refractivity contribution is 7.20. The van der Waals surface area contributed by atoms with Gasteiger partial charge in [0.15, 0.2) is 0 Å². The zero-order valence-corrected chi connectivity index (χ0v) is 19.2. The molecule has 4 heterocycles. The number of anilines is 1. The van der Waals surface area contributed by atoms with Gasteiger partial charge >= 0.3 is 0 Å². The lowest BCUT2D eigenvalue weighted by atomic mass is 10.2. The second kappa shape index (κ2) is 8.97. The summed E-state index contributed by atoms with van der Waals surface area (Å²) in [5.74, 6) is -0.198. The highest BCUT2D eigenvalue weighted by atomic mass is 32.1. The number of nitrogens with zero attached hydrogens (tertiary/aromatic N) is 5. The van der Waals surface area contributed by atoms with Crippen LogP contribution in [-0.4, -0.2) is 57.6 Å². The van der Waals surface area contributed by atoms with E-state index in [1.165, 1.54) is 12.1 Å². The Hall–Kier alpha value is -2.82. The molecular weight excluding hydrogens is 447 g/mol. The van der Waals surface area contributed by atoms with Gasteiger partial charge in [-0.15, -0.1) is 16.4 Å². The van der Waals surface area contributed by atoms with Crippen LogP contribution in [0.15, 0.2) is 48.0 Å². The molecule has 3 aromatic heterocycles. The Bertz CT molecular complexity index is 1160. The molecule has 0 aliphatic carbocycles. The van der Waals surface area contributed by atoms with Crippen LogP contribution in [0.25, 0.3) is 16.2 Å². The second-order valence-electron chi connectivity index (χ2n) is 7.74. The minimum atomic E-state index is -0.261. The van der Waals surface area contributed by atoms with Gasteiger partial charge < -0.3 is 10.2 Å². The van der Waals surface area contributed by atoms with Crippen molar-refractivity contribution in [1.29, 1.82) is 0 Å². The van der Waals surface area contributed by atoms with E-state index in [1.54, 1.807) is 39.3 Å². The topological polar surface area (TPSA) is 65.8 Å². The fraction of sp³-hybridized carbons (Fsp3) is 0.318. The molecule has 166 valence electrons. The molecule has 0 bridgehead atoms. The first-order chi connectivity index (χ1) is 15.6. The van der Waals surface area contributed by atoms with Crippen LogP contribution in [0.1, 0.15) is 11.8 Å². The summed E-state index contributed by atoms with van der Waals surface area (Å²) in [7, 11) is 0. The molecule has 4 aromatic rings. The van der Waals surface area contributed by atoms with Crippen molar-refractivity contribution in [2.24, 2.45) is 0 Å². The van der Waals surface area contributed by atoms with Gasteiger partial charge in [-0.1, -0.05) is 17.4 Å². The van der Waals surface area contributed by atoms with Crippen LogP contribution >= 0.6 is 22.7 Å². The van der Waals surface area contributed by atoms with Crippen LogP contribution in [0, 0.1) is 5.82 Å². The fourth-order valence-electron chi connectivity index (χ4n) is 3.78. The van der Waals surface area contributed by atoms with Crippen molar-refractivity contribution in [3.05, 3.63) is 58.7 Å². The molecule has 0 radical (unpaired) electrons. The number of piperazine rings is 1. The number of carbonyl (C=O) groups is 1. The molecule has 32 heavy (non-hydrogen) atoms. The smallest absolute Gasteiger partial charge is 0.237 e. The Morgan fingerprint density at radius 2 is 1.97 bits per heavy atom. The molecule has 5 rings (SSSR count). The van der Waals surface area contributed by atoms with Crippen LogP contribution in [0.5, 0.6) is 0 Å². The summed E-state index contributed by atoms with van der Waals surface area (Å²) in [6.45, 7) is 5.77. The molecule has 0 saturated carbocycles. The number of benzene rings is 1. The Kier molecular flexibility index (Phi) is 5.90. The van der Waals surface area contributed by atoms with E-state index in [0.29, 0.717) is 6.54 Å². The number of rotatable bonds is 6. The summed E-state index contributed by atoms with van der Waals surface area (Å²) in [6, 6.07) is 10.2.